The number of hydrazine groups is 1. The molecule has 0 saturated carbocycles. The quantitative estimate of drug-likeness (QED) is 0.550. The molecule has 3 aromatic rings. The summed E-state index contributed by atoms with van der Waals surface area (Å²) >= 11 is 1.55. The first-order valence-corrected chi connectivity index (χ1v) is 11.1. The topological polar surface area (TPSA) is 87.7 Å². The minimum atomic E-state index is -0.408. The highest BCUT2D eigenvalue weighted by Crippen LogP contribution is 2.40. The summed E-state index contributed by atoms with van der Waals surface area (Å²) in [4.78, 5) is 37.5. The average molecular weight is 452 g/mol. The van der Waals surface area contributed by atoms with E-state index in [1.165, 1.54) is 6.08 Å². The van der Waals surface area contributed by atoms with Gasteiger partial charge in [-0.2, -0.15) is 5.01 Å². The number of nitrogens with one attached hydrogen (secondary N) is 1. The SMILES string of the molecule is CC1=CC(=O)N(Nc2nc(C)nc3sc(-c4ccc(OCCN(C)C)cc4)c(C)c23)C1=O. The van der Waals surface area contributed by atoms with Gasteiger partial charge in [-0.1, -0.05) is 0 Å². The van der Waals surface area contributed by atoms with Crippen molar-refractivity contribution < 1.29 is 14.3 Å². The zero-order valence-electron chi connectivity index (χ0n) is 18.7. The number of likely N-dealkylation sites (N-methyl/N-ethyl adjacent to an activating group) is 1. The first-order valence-electron chi connectivity index (χ1n) is 10.2. The number of ether oxygens (including phenoxy) is 1. The van der Waals surface area contributed by atoms with Crippen LogP contribution in [0.5, 0.6) is 5.75 Å². The van der Waals surface area contributed by atoms with Gasteiger partial charge in [-0.15, -0.1) is 11.3 Å². The molecule has 0 unspecified atom stereocenters. The largest absolute Gasteiger partial charge is 0.492 e. The van der Waals surface area contributed by atoms with Gasteiger partial charge in [-0.3, -0.25) is 15.0 Å². The van der Waals surface area contributed by atoms with Crippen molar-refractivity contribution >= 4 is 39.2 Å². The van der Waals surface area contributed by atoms with E-state index < -0.39 is 5.91 Å². The van der Waals surface area contributed by atoms with Crippen LogP contribution in [0.15, 0.2) is 35.9 Å². The third-order valence-electron chi connectivity index (χ3n) is 5.14. The Hall–Kier alpha value is -3.30. The molecule has 0 radical (unpaired) electrons. The molecule has 4 rings (SSSR count). The van der Waals surface area contributed by atoms with Crippen molar-refractivity contribution in [1.82, 2.24) is 19.9 Å². The summed E-state index contributed by atoms with van der Waals surface area (Å²) < 4.78 is 5.79. The number of thiophene rings is 1. The Balaban J connectivity index is 1.65. The van der Waals surface area contributed by atoms with Gasteiger partial charge < -0.3 is 9.64 Å². The molecule has 1 aliphatic rings. The maximum atomic E-state index is 12.3. The molecular weight excluding hydrogens is 426 g/mol. The van der Waals surface area contributed by atoms with Crippen LogP contribution in [0.4, 0.5) is 5.82 Å². The summed E-state index contributed by atoms with van der Waals surface area (Å²) in [5, 5.41) is 1.79. The second-order valence-electron chi connectivity index (χ2n) is 7.95. The van der Waals surface area contributed by atoms with Gasteiger partial charge in [0.25, 0.3) is 11.8 Å². The molecular formula is C23H25N5O3S. The molecule has 0 saturated heterocycles. The van der Waals surface area contributed by atoms with Crippen LogP contribution < -0.4 is 10.2 Å². The Morgan fingerprint density at radius 1 is 1.09 bits per heavy atom. The van der Waals surface area contributed by atoms with E-state index >= 15 is 0 Å². The predicted octanol–water partition coefficient (Wildman–Crippen LogP) is 3.56. The van der Waals surface area contributed by atoms with Crippen molar-refractivity contribution in [1.29, 1.82) is 0 Å². The third-order valence-corrected chi connectivity index (χ3v) is 6.38. The summed E-state index contributed by atoms with van der Waals surface area (Å²) in [6, 6.07) is 7.97. The number of hydrogen-bond acceptors (Lipinski definition) is 8. The van der Waals surface area contributed by atoms with E-state index in [-0.39, 0.29) is 5.91 Å². The van der Waals surface area contributed by atoms with Crippen LogP contribution in [-0.4, -0.2) is 58.9 Å². The first-order chi connectivity index (χ1) is 15.2. The van der Waals surface area contributed by atoms with Crippen molar-refractivity contribution in [2.24, 2.45) is 0 Å². The smallest absolute Gasteiger partial charge is 0.275 e. The number of benzene rings is 1. The van der Waals surface area contributed by atoms with Gasteiger partial charge in [-0.05, 0) is 70.3 Å². The van der Waals surface area contributed by atoms with Crippen LogP contribution >= 0.6 is 11.3 Å². The number of anilines is 1. The van der Waals surface area contributed by atoms with Gasteiger partial charge >= 0.3 is 0 Å². The molecule has 0 bridgehead atoms. The molecule has 2 amide bonds. The molecule has 166 valence electrons. The number of carbonyl (C=O) groups is 2. The Morgan fingerprint density at radius 3 is 2.44 bits per heavy atom. The number of fused-ring (bicyclic) bond motifs is 1. The number of carbonyl (C=O) groups excluding carboxylic acids is 2. The first kappa shape index (κ1) is 21.9. The summed E-state index contributed by atoms with van der Waals surface area (Å²) in [7, 11) is 4.02. The molecule has 9 heteroatoms. The minimum absolute atomic E-state index is 0.377. The lowest BCUT2D eigenvalue weighted by molar-refractivity contribution is -0.135. The lowest BCUT2D eigenvalue weighted by atomic mass is 10.1. The molecule has 0 atom stereocenters. The Morgan fingerprint density at radius 2 is 1.81 bits per heavy atom. The van der Waals surface area contributed by atoms with E-state index in [4.69, 9.17) is 4.74 Å². The molecule has 0 fully saturated rings. The van der Waals surface area contributed by atoms with Gasteiger partial charge in [0.2, 0.25) is 0 Å². The zero-order valence-corrected chi connectivity index (χ0v) is 19.5. The molecule has 1 aliphatic heterocycles. The number of nitrogens with zero attached hydrogens (tertiary/aromatic N) is 4. The molecule has 0 spiro atoms. The number of imide groups is 1. The highest BCUT2D eigenvalue weighted by atomic mass is 32.1. The maximum absolute atomic E-state index is 12.3. The van der Waals surface area contributed by atoms with E-state index in [0.29, 0.717) is 23.8 Å². The van der Waals surface area contributed by atoms with E-state index in [0.717, 1.165) is 43.5 Å². The van der Waals surface area contributed by atoms with Crippen LogP contribution in [-0.2, 0) is 9.59 Å². The zero-order chi connectivity index (χ0) is 23.0. The number of rotatable bonds is 7. The maximum Gasteiger partial charge on any atom is 0.275 e. The van der Waals surface area contributed by atoms with Crippen LogP contribution in [0.1, 0.15) is 18.3 Å². The molecule has 32 heavy (non-hydrogen) atoms. The van der Waals surface area contributed by atoms with Crippen molar-refractivity contribution in [3.63, 3.8) is 0 Å². The Bertz CT molecular complexity index is 1230. The summed E-state index contributed by atoms with van der Waals surface area (Å²) in [6.45, 7) is 6.88. The van der Waals surface area contributed by atoms with Crippen LogP contribution in [0.25, 0.3) is 20.7 Å². The van der Waals surface area contributed by atoms with Crippen LogP contribution in [0.2, 0.25) is 0 Å². The lowest BCUT2D eigenvalue weighted by Crippen LogP contribution is -2.36. The third kappa shape index (κ3) is 4.21. The normalized spacial score (nSPS) is 13.9. The lowest BCUT2D eigenvalue weighted by Gasteiger charge is -2.17. The van der Waals surface area contributed by atoms with Gasteiger partial charge in [0.1, 0.15) is 23.0 Å². The van der Waals surface area contributed by atoms with E-state index in [1.807, 2.05) is 45.3 Å². The van der Waals surface area contributed by atoms with E-state index in [1.54, 1.807) is 25.2 Å². The molecule has 1 aromatic carbocycles. The van der Waals surface area contributed by atoms with E-state index in [9.17, 15) is 9.59 Å². The fraction of sp³-hybridized carbons (Fsp3) is 0.304. The average Bonchev–Trinajstić information content (AvgIpc) is 3.19. The van der Waals surface area contributed by atoms with E-state index in [2.05, 4.69) is 20.3 Å². The predicted molar refractivity (Wildman–Crippen MR) is 126 cm³/mol. The number of aryl methyl sites for hydroxylation is 2. The second-order valence-corrected chi connectivity index (χ2v) is 8.95. The van der Waals surface area contributed by atoms with Crippen molar-refractivity contribution in [2.75, 3.05) is 32.7 Å². The number of hydrogen-bond donors (Lipinski definition) is 1. The summed E-state index contributed by atoms with van der Waals surface area (Å²) in [6.07, 6.45) is 1.31. The highest BCUT2D eigenvalue weighted by molar-refractivity contribution is 7.22. The van der Waals surface area contributed by atoms with Crippen molar-refractivity contribution in [3.8, 4) is 16.2 Å². The fourth-order valence-electron chi connectivity index (χ4n) is 3.45. The van der Waals surface area contributed by atoms with Crippen molar-refractivity contribution in [3.05, 3.63) is 47.3 Å². The molecule has 3 heterocycles. The Kier molecular flexibility index (Phi) is 5.94. The van der Waals surface area contributed by atoms with Crippen molar-refractivity contribution in [2.45, 2.75) is 20.8 Å². The standard InChI is InChI=1S/C23H25N5O3S/c1-13-12-18(29)28(23(13)30)26-21-19-14(2)20(32-22(19)25-15(3)24-21)16-6-8-17(9-7-16)31-11-10-27(4)5/h6-9,12H,10-11H2,1-5H3,(H,24,25,26). The molecule has 8 nitrogen and oxygen atoms in total. The second kappa shape index (κ2) is 8.68. The van der Waals surface area contributed by atoms with Crippen LogP contribution in [0, 0.1) is 13.8 Å². The van der Waals surface area contributed by atoms with Gasteiger partial charge in [0.15, 0.2) is 5.82 Å². The molecule has 1 N–H and O–H groups in total. The summed E-state index contributed by atoms with van der Waals surface area (Å²) in [5.74, 6) is 1.04. The Labute approximate surface area is 190 Å². The summed E-state index contributed by atoms with van der Waals surface area (Å²) in [5.41, 5.74) is 5.33. The van der Waals surface area contributed by atoms with Gasteiger partial charge in [0.05, 0.1) is 5.39 Å². The highest BCUT2D eigenvalue weighted by Gasteiger charge is 2.30. The minimum Gasteiger partial charge on any atom is -0.492 e. The van der Waals surface area contributed by atoms with Gasteiger partial charge in [0, 0.05) is 23.1 Å². The number of aromatic nitrogens is 2. The van der Waals surface area contributed by atoms with Gasteiger partial charge in [-0.25, -0.2) is 9.97 Å². The molecule has 2 aromatic heterocycles. The monoisotopic (exact) mass is 451 g/mol. The fourth-order valence-corrected chi connectivity index (χ4v) is 4.68. The molecule has 0 aliphatic carbocycles. The van der Waals surface area contributed by atoms with Crippen LogP contribution in [0.3, 0.4) is 0 Å². The number of amides is 2.